The molecule has 1 aromatic carbocycles. The van der Waals surface area contributed by atoms with Crippen molar-refractivity contribution in [1.82, 2.24) is 10.6 Å². The van der Waals surface area contributed by atoms with Crippen molar-refractivity contribution in [2.45, 2.75) is 29.0 Å². The van der Waals surface area contributed by atoms with Crippen LogP contribution in [0, 0.1) is 0 Å². The summed E-state index contributed by atoms with van der Waals surface area (Å²) < 4.78 is 22.8. The number of hydrogen-bond donors (Lipinski definition) is 3. The van der Waals surface area contributed by atoms with Crippen LogP contribution in [-0.4, -0.2) is 28.0 Å². The quantitative estimate of drug-likeness (QED) is 0.298. The Labute approximate surface area is 185 Å². The summed E-state index contributed by atoms with van der Waals surface area (Å²) in [6, 6.07) is 11.3. The second-order valence-corrected chi connectivity index (χ2v) is 9.73. The van der Waals surface area contributed by atoms with E-state index in [1.807, 2.05) is 18.2 Å². The van der Waals surface area contributed by atoms with E-state index in [4.69, 9.17) is 16.7 Å². The Balaban J connectivity index is 0.00000261. The lowest BCUT2D eigenvalue weighted by Crippen LogP contribution is -2.40. The van der Waals surface area contributed by atoms with E-state index in [-0.39, 0.29) is 33.6 Å². The van der Waals surface area contributed by atoms with Crippen LogP contribution in [0.4, 0.5) is 0 Å². The number of halogens is 2. The molecule has 3 rings (SSSR count). The molecule has 10 heteroatoms. The van der Waals surface area contributed by atoms with Gasteiger partial charge in [-0.2, -0.15) is 0 Å². The highest BCUT2D eigenvalue weighted by atomic mass is 127. The predicted octanol–water partition coefficient (Wildman–Crippen LogP) is 3.06. The summed E-state index contributed by atoms with van der Waals surface area (Å²) in [5, 5.41) is 12.4. The molecule has 1 saturated carbocycles. The predicted molar refractivity (Wildman–Crippen MR) is 122 cm³/mol. The van der Waals surface area contributed by atoms with Gasteiger partial charge in [0.15, 0.2) is 5.96 Å². The van der Waals surface area contributed by atoms with E-state index in [9.17, 15) is 8.42 Å². The van der Waals surface area contributed by atoms with Gasteiger partial charge in [-0.25, -0.2) is 13.6 Å². The Kier molecular flexibility index (Phi) is 7.54. The molecule has 0 bridgehead atoms. The lowest BCUT2D eigenvalue weighted by Gasteiger charge is -2.19. The van der Waals surface area contributed by atoms with Crippen LogP contribution in [0.3, 0.4) is 0 Å². The maximum absolute atomic E-state index is 11.3. The standard InChI is InChI=1S/C17H21ClN4O2S2.HI/c1-20-16(21-10-14-5-6-15(25-14)26(19,23)24)22-11-17(7-8-17)12-3-2-4-13(18)9-12;/h2-6,9H,7-8,10-11H2,1H3,(H2,19,23,24)(H2,20,21,22);1H. The zero-order chi connectivity index (χ0) is 18.8. The first-order valence-electron chi connectivity index (χ1n) is 8.14. The van der Waals surface area contributed by atoms with Gasteiger partial charge in [0.05, 0.1) is 6.54 Å². The second-order valence-electron chi connectivity index (χ2n) is 6.34. The molecule has 0 aliphatic heterocycles. The highest BCUT2D eigenvalue weighted by molar-refractivity contribution is 14.0. The fraction of sp³-hybridized carbons (Fsp3) is 0.353. The SMILES string of the molecule is CN=C(NCc1ccc(S(N)(=O)=O)s1)NCC1(c2cccc(Cl)c2)CC1.I. The summed E-state index contributed by atoms with van der Waals surface area (Å²) in [7, 11) is -1.94. The topological polar surface area (TPSA) is 96.6 Å². The molecule has 27 heavy (non-hydrogen) atoms. The monoisotopic (exact) mass is 540 g/mol. The molecule has 6 nitrogen and oxygen atoms in total. The largest absolute Gasteiger partial charge is 0.356 e. The molecule has 1 heterocycles. The van der Waals surface area contributed by atoms with Gasteiger partial charge in [0.2, 0.25) is 10.0 Å². The van der Waals surface area contributed by atoms with Gasteiger partial charge in [0.1, 0.15) is 4.21 Å². The average Bonchev–Trinajstić information content (AvgIpc) is 3.22. The van der Waals surface area contributed by atoms with E-state index in [2.05, 4.69) is 21.7 Å². The van der Waals surface area contributed by atoms with Crippen molar-refractivity contribution in [3.63, 3.8) is 0 Å². The normalized spacial score (nSPS) is 15.7. The molecule has 148 valence electrons. The van der Waals surface area contributed by atoms with Crippen LogP contribution in [0.25, 0.3) is 0 Å². The van der Waals surface area contributed by atoms with Crippen LogP contribution in [0.1, 0.15) is 23.3 Å². The molecule has 0 saturated heterocycles. The summed E-state index contributed by atoms with van der Waals surface area (Å²) in [4.78, 5) is 5.10. The van der Waals surface area contributed by atoms with Crippen LogP contribution in [0.2, 0.25) is 5.02 Å². The number of benzene rings is 1. The van der Waals surface area contributed by atoms with Crippen LogP contribution in [0.15, 0.2) is 45.6 Å². The van der Waals surface area contributed by atoms with E-state index in [1.165, 1.54) is 11.6 Å². The van der Waals surface area contributed by atoms with E-state index in [0.717, 1.165) is 40.6 Å². The van der Waals surface area contributed by atoms with Gasteiger partial charge in [-0.1, -0.05) is 23.7 Å². The van der Waals surface area contributed by atoms with Crippen molar-refractivity contribution in [3.05, 3.63) is 51.9 Å². The fourth-order valence-electron chi connectivity index (χ4n) is 2.79. The number of nitrogens with one attached hydrogen (secondary N) is 2. The molecule has 0 atom stereocenters. The lowest BCUT2D eigenvalue weighted by molar-refractivity contribution is 0.600. The summed E-state index contributed by atoms with van der Waals surface area (Å²) >= 11 is 7.27. The van der Waals surface area contributed by atoms with Gasteiger partial charge in [0.25, 0.3) is 0 Å². The van der Waals surface area contributed by atoms with Crippen LogP contribution >= 0.6 is 46.9 Å². The van der Waals surface area contributed by atoms with Crippen molar-refractivity contribution in [2.24, 2.45) is 10.1 Å². The molecule has 1 aliphatic rings. The minimum atomic E-state index is -3.65. The van der Waals surface area contributed by atoms with E-state index in [1.54, 1.807) is 13.1 Å². The van der Waals surface area contributed by atoms with Crippen molar-refractivity contribution < 1.29 is 8.42 Å². The number of nitrogens with two attached hydrogens (primary N) is 1. The maximum Gasteiger partial charge on any atom is 0.247 e. The van der Waals surface area contributed by atoms with E-state index < -0.39 is 10.0 Å². The number of aliphatic imine (C=N–C) groups is 1. The Morgan fingerprint density at radius 2 is 2.04 bits per heavy atom. The van der Waals surface area contributed by atoms with Gasteiger partial charge < -0.3 is 10.6 Å². The number of thiophene rings is 1. The fourth-order valence-corrected chi connectivity index (χ4v) is 4.70. The zero-order valence-electron chi connectivity index (χ0n) is 14.7. The number of nitrogens with zero attached hydrogens (tertiary/aromatic N) is 1. The molecule has 1 fully saturated rings. The number of sulfonamides is 1. The Morgan fingerprint density at radius 1 is 1.30 bits per heavy atom. The second kappa shape index (κ2) is 9.08. The molecular weight excluding hydrogens is 519 g/mol. The number of primary sulfonamides is 1. The molecule has 0 spiro atoms. The highest BCUT2D eigenvalue weighted by Crippen LogP contribution is 2.48. The van der Waals surface area contributed by atoms with Crippen LogP contribution < -0.4 is 15.8 Å². The molecular formula is C17H22ClIN4O2S2. The van der Waals surface area contributed by atoms with Crippen molar-refractivity contribution >= 4 is 62.9 Å². The molecule has 0 radical (unpaired) electrons. The van der Waals surface area contributed by atoms with Gasteiger partial charge in [-0.05, 0) is 42.7 Å². The van der Waals surface area contributed by atoms with Crippen LogP contribution in [0.5, 0.6) is 0 Å². The van der Waals surface area contributed by atoms with Crippen molar-refractivity contribution in [3.8, 4) is 0 Å². The zero-order valence-corrected chi connectivity index (χ0v) is 19.5. The molecule has 4 N–H and O–H groups in total. The Hall–Kier alpha value is -0.880. The van der Waals surface area contributed by atoms with Gasteiger partial charge >= 0.3 is 0 Å². The van der Waals surface area contributed by atoms with Crippen molar-refractivity contribution in [2.75, 3.05) is 13.6 Å². The lowest BCUT2D eigenvalue weighted by atomic mass is 9.96. The third-order valence-corrected chi connectivity index (χ3v) is 7.21. The molecule has 0 amide bonds. The summed E-state index contributed by atoms with van der Waals surface area (Å²) in [6.45, 7) is 1.24. The van der Waals surface area contributed by atoms with Gasteiger partial charge in [-0.15, -0.1) is 35.3 Å². The van der Waals surface area contributed by atoms with E-state index in [0.29, 0.717) is 12.5 Å². The summed E-state index contributed by atoms with van der Waals surface area (Å²) in [6.07, 6.45) is 2.22. The molecule has 0 unspecified atom stereocenters. The molecule has 2 aromatic rings. The third-order valence-electron chi connectivity index (χ3n) is 4.46. The minimum Gasteiger partial charge on any atom is -0.356 e. The first kappa shape index (κ1) is 22.4. The molecule has 1 aromatic heterocycles. The maximum atomic E-state index is 11.3. The smallest absolute Gasteiger partial charge is 0.247 e. The number of rotatable bonds is 6. The first-order chi connectivity index (χ1) is 12.3. The average molecular weight is 541 g/mol. The van der Waals surface area contributed by atoms with E-state index >= 15 is 0 Å². The minimum absolute atomic E-state index is 0. The molecule has 1 aliphatic carbocycles. The third kappa shape index (κ3) is 5.80. The Morgan fingerprint density at radius 3 is 2.59 bits per heavy atom. The van der Waals surface area contributed by atoms with Crippen LogP contribution in [-0.2, 0) is 22.0 Å². The first-order valence-corrected chi connectivity index (χ1v) is 10.9. The van der Waals surface area contributed by atoms with Gasteiger partial charge in [-0.3, -0.25) is 4.99 Å². The Bertz CT molecular complexity index is 927. The van der Waals surface area contributed by atoms with Gasteiger partial charge in [0, 0.05) is 28.9 Å². The number of hydrogen-bond acceptors (Lipinski definition) is 4. The number of guanidine groups is 1. The summed E-state index contributed by atoms with van der Waals surface area (Å²) in [5.74, 6) is 0.670. The highest BCUT2D eigenvalue weighted by Gasteiger charge is 2.44. The van der Waals surface area contributed by atoms with Crippen molar-refractivity contribution in [1.29, 1.82) is 0 Å². The summed E-state index contributed by atoms with van der Waals surface area (Å²) in [5.41, 5.74) is 1.34.